The Balaban J connectivity index is 1.93. The Hall–Kier alpha value is -2.04. The van der Waals surface area contributed by atoms with E-state index in [1.165, 1.54) is 12.8 Å². The van der Waals surface area contributed by atoms with Gasteiger partial charge in [-0.2, -0.15) is 4.99 Å². The smallest absolute Gasteiger partial charge is 0.346 e. The largest absolute Gasteiger partial charge is 0.494 e. The molecule has 1 aromatic carbocycles. The van der Waals surface area contributed by atoms with Crippen molar-refractivity contribution < 1.29 is 9.53 Å². The van der Waals surface area contributed by atoms with E-state index in [-0.39, 0.29) is 12.1 Å². The van der Waals surface area contributed by atoms with E-state index in [9.17, 15) is 4.79 Å². The maximum absolute atomic E-state index is 12.0. The lowest BCUT2D eigenvalue weighted by Gasteiger charge is -2.26. The summed E-state index contributed by atoms with van der Waals surface area (Å²) < 4.78 is 5.65. The summed E-state index contributed by atoms with van der Waals surface area (Å²) in [7, 11) is 0. The second kappa shape index (κ2) is 5.15. The van der Waals surface area contributed by atoms with Gasteiger partial charge in [-0.3, -0.25) is 0 Å². The van der Waals surface area contributed by atoms with E-state index in [0.29, 0.717) is 18.4 Å². The van der Waals surface area contributed by atoms with Crippen LogP contribution in [-0.2, 0) is 0 Å². The Morgan fingerprint density at radius 2 is 2.15 bits per heavy atom. The van der Waals surface area contributed by atoms with Crippen molar-refractivity contribution in [2.45, 2.75) is 25.8 Å². The summed E-state index contributed by atoms with van der Waals surface area (Å²) in [6, 6.07) is 7.20. The van der Waals surface area contributed by atoms with Crippen molar-refractivity contribution >= 4 is 11.9 Å². The molecule has 5 nitrogen and oxygen atoms in total. The number of benzene rings is 1. The highest BCUT2D eigenvalue weighted by molar-refractivity contribution is 6.03. The molecule has 2 amide bonds. The van der Waals surface area contributed by atoms with Gasteiger partial charge in [0.25, 0.3) is 0 Å². The molecule has 5 heteroatoms. The van der Waals surface area contributed by atoms with Gasteiger partial charge in [0, 0.05) is 12.1 Å². The van der Waals surface area contributed by atoms with Crippen LogP contribution in [0.1, 0.15) is 31.4 Å². The van der Waals surface area contributed by atoms with Crippen molar-refractivity contribution in [3.05, 3.63) is 29.8 Å². The zero-order valence-corrected chi connectivity index (χ0v) is 11.6. The normalized spacial score (nSPS) is 22.1. The first-order chi connectivity index (χ1) is 9.70. The van der Waals surface area contributed by atoms with Crippen molar-refractivity contribution in [2.24, 2.45) is 16.6 Å². The Bertz CT molecular complexity index is 552. The molecule has 106 valence electrons. The number of aliphatic imine (C=N–C) groups is 1. The summed E-state index contributed by atoms with van der Waals surface area (Å²) in [5.41, 5.74) is 6.90. The third kappa shape index (κ3) is 2.35. The summed E-state index contributed by atoms with van der Waals surface area (Å²) in [6.45, 7) is 3.25. The molecule has 1 aliphatic carbocycles. The fourth-order valence-corrected chi connectivity index (χ4v) is 2.59. The minimum absolute atomic E-state index is 0.231. The van der Waals surface area contributed by atoms with E-state index in [1.807, 2.05) is 31.2 Å². The number of carbonyl (C=O) groups is 1. The number of hydrogen-bond acceptors (Lipinski definition) is 3. The number of para-hydroxylation sites is 1. The van der Waals surface area contributed by atoms with Gasteiger partial charge in [-0.25, -0.2) is 4.79 Å². The van der Waals surface area contributed by atoms with Crippen molar-refractivity contribution in [2.75, 3.05) is 13.2 Å². The average Bonchev–Trinajstić information content (AvgIpc) is 3.19. The molecule has 1 aromatic rings. The highest BCUT2D eigenvalue weighted by atomic mass is 16.5. The number of nitrogens with zero attached hydrogens (tertiary/aromatic N) is 2. The molecule has 1 unspecified atom stereocenters. The summed E-state index contributed by atoms with van der Waals surface area (Å²) in [5.74, 6) is 1.73. The molecule has 0 radical (unpaired) electrons. The summed E-state index contributed by atoms with van der Waals surface area (Å²) in [6.07, 6.45) is 2.37. The van der Waals surface area contributed by atoms with E-state index in [0.717, 1.165) is 17.9 Å². The number of rotatable bonds is 5. The van der Waals surface area contributed by atoms with Gasteiger partial charge in [0.2, 0.25) is 0 Å². The standard InChI is InChI=1S/C15H19N3O2/c1-2-20-12-6-4-3-5-11(12)13-14(16)17-15(19)18(13)9-10-7-8-10/h3-6,10,13H,2,7-9H2,1H3,(H2,16,17,19). The van der Waals surface area contributed by atoms with Gasteiger partial charge in [-0.15, -0.1) is 0 Å². The summed E-state index contributed by atoms with van der Waals surface area (Å²) in [4.78, 5) is 17.7. The lowest BCUT2D eigenvalue weighted by Crippen LogP contribution is -2.35. The van der Waals surface area contributed by atoms with Crippen molar-refractivity contribution in [3.8, 4) is 5.75 Å². The third-order valence-electron chi connectivity index (χ3n) is 3.73. The fraction of sp³-hybridized carbons (Fsp3) is 0.467. The number of amides is 2. The number of ether oxygens (including phenoxy) is 1. The van der Waals surface area contributed by atoms with E-state index in [4.69, 9.17) is 10.5 Å². The molecule has 1 fully saturated rings. The first-order valence-electron chi connectivity index (χ1n) is 7.07. The third-order valence-corrected chi connectivity index (χ3v) is 3.73. The predicted octanol–water partition coefficient (Wildman–Crippen LogP) is 2.33. The van der Waals surface area contributed by atoms with Gasteiger partial charge in [-0.1, -0.05) is 18.2 Å². The number of amidine groups is 1. The molecule has 3 rings (SSSR count). The molecule has 1 aliphatic heterocycles. The second-order valence-corrected chi connectivity index (χ2v) is 5.29. The van der Waals surface area contributed by atoms with Crippen LogP contribution in [0.25, 0.3) is 0 Å². The predicted molar refractivity (Wildman–Crippen MR) is 76.8 cm³/mol. The van der Waals surface area contributed by atoms with E-state index in [1.54, 1.807) is 4.90 Å². The van der Waals surface area contributed by atoms with Crippen LogP contribution in [0.2, 0.25) is 0 Å². The molecule has 20 heavy (non-hydrogen) atoms. The van der Waals surface area contributed by atoms with Gasteiger partial charge in [0.15, 0.2) is 0 Å². The second-order valence-electron chi connectivity index (χ2n) is 5.29. The van der Waals surface area contributed by atoms with Gasteiger partial charge in [-0.05, 0) is 31.7 Å². The number of hydrogen-bond donors (Lipinski definition) is 1. The van der Waals surface area contributed by atoms with Crippen LogP contribution in [0.5, 0.6) is 5.75 Å². The Labute approximate surface area is 118 Å². The van der Waals surface area contributed by atoms with E-state index >= 15 is 0 Å². The maximum atomic E-state index is 12.0. The summed E-state index contributed by atoms with van der Waals surface area (Å²) in [5, 5.41) is 0. The van der Waals surface area contributed by atoms with Crippen LogP contribution in [0.15, 0.2) is 29.3 Å². The average molecular weight is 273 g/mol. The monoisotopic (exact) mass is 273 g/mol. The topological polar surface area (TPSA) is 67.9 Å². The fourth-order valence-electron chi connectivity index (χ4n) is 2.59. The minimum Gasteiger partial charge on any atom is -0.494 e. The van der Waals surface area contributed by atoms with Crippen LogP contribution >= 0.6 is 0 Å². The van der Waals surface area contributed by atoms with Crippen LogP contribution < -0.4 is 10.5 Å². The highest BCUT2D eigenvalue weighted by Crippen LogP contribution is 2.37. The Kier molecular flexibility index (Phi) is 3.34. The lowest BCUT2D eigenvalue weighted by atomic mass is 10.0. The maximum Gasteiger partial charge on any atom is 0.346 e. The molecule has 1 saturated carbocycles. The Morgan fingerprint density at radius 1 is 1.40 bits per heavy atom. The molecule has 2 aliphatic rings. The molecular weight excluding hydrogens is 254 g/mol. The quantitative estimate of drug-likeness (QED) is 0.895. The van der Waals surface area contributed by atoms with Gasteiger partial charge in [0.1, 0.15) is 17.6 Å². The van der Waals surface area contributed by atoms with Crippen molar-refractivity contribution in [3.63, 3.8) is 0 Å². The molecule has 2 N–H and O–H groups in total. The lowest BCUT2D eigenvalue weighted by molar-refractivity contribution is 0.202. The van der Waals surface area contributed by atoms with E-state index in [2.05, 4.69) is 4.99 Å². The number of nitrogens with two attached hydrogens (primary N) is 1. The molecule has 1 atom stereocenters. The van der Waals surface area contributed by atoms with Crippen LogP contribution in [-0.4, -0.2) is 29.9 Å². The first kappa shape index (κ1) is 13.0. The molecule has 0 spiro atoms. The SMILES string of the molecule is CCOc1ccccc1C1C(N)=NC(=O)N1CC1CC1. The van der Waals surface area contributed by atoms with Gasteiger partial charge in [0.05, 0.1) is 6.61 Å². The van der Waals surface area contributed by atoms with Crippen LogP contribution in [0, 0.1) is 5.92 Å². The van der Waals surface area contributed by atoms with Crippen LogP contribution in [0.3, 0.4) is 0 Å². The van der Waals surface area contributed by atoms with Gasteiger partial charge >= 0.3 is 6.03 Å². The molecule has 0 aromatic heterocycles. The van der Waals surface area contributed by atoms with Crippen molar-refractivity contribution in [1.82, 2.24) is 4.90 Å². The number of carbonyl (C=O) groups excluding carboxylic acids is 1. The molecule has 0 saturated heterocycles. The summed E-state index contributed by atoms with van der Waals surface area (Å²) >= 11 is 0. The Morgan fingerprint density at radius 3 is 2.85 bits per heavy atom. The van der Waals surface area contributed by atoms with E-state index < -0.39 is 0 Å². The molecular formula is C15H19N3O2. The van der Waals surface area contributed by atoms with Crippen molar-refractivity contribution in [1.29, 1.82) is 0 Å². The van der Waals surface area contributed by atoms with Crippen LogP contribution in [0.4, 0.5) is 4.79 Å². The first-order valence-corrected chi connectivity index (χ1v) is 7.07. The van der Waals surface area contributed by atoms with Gasteiger partial charge < -0.3 is 15.4 Å². The zero-order chi connectivity index (χ0) is 14.1. The number of urea groups is 1. The highest BCUT2D eigenvalue weighted by Gasteiger charge is 2.39. The molecule has 1 heterocycles. The molecule has 0 bridgehead atoms. The zero-order valence-electron chi connectivity index (χ0n) is 11.6. The minimum atomic E-state index is -0.286.